The molecule has 0 aliphatic carbocycles. The van der Waals surface area contributed by atoms with E-state index in [0.29, 0.717) is 5.82 Å². The summed E-state index contributed by atoms with van der Waals surface area (Å²) in [4.78, 5) is 8.93. The lowest BCUT2D eigenvalue weighted by Crippen LogP contribution is -2.04. The van der Waals surface area contributed by atoms with Crippen LogP contribution in [0.3, 0.4) is 0 Å². The van der Waals surface area contributed by atoms with Crippen LogP contribution in [-0.2, 0) is 7.05 Å². The van der Waals surface area contributed by atoms with Crippen molar-refractivity contribution in [2.45, 2.75) is 13.8 Å². The van der Waals surface area contributed by atoms with Crippen LogP contribution in [0.5, 0.6) is 0 Å². The molecule has 0 spiro atoms. The molecule has 90 valence electrons. The lowest BCUT2D eigenvalue weighted by atomic mass is 10.3. The van der Waals surface area contributed by atoms with Crippen molar-refractivity contribution in [3.05, 3.63) is 22.6 Å². The molecule has 0 aliphatic heterocycles. The van der Waals surface area contributed by atoms with Gasteiger partial charge in [0.2, 0.25) is 0 Å². The van der Waals surface area contributed by atoms with Gasteiger partial charge in [-0.3, -0.25) is 4.68 Å². The van der Waals surface area contributed by atoms with E-state index in [9.17, 15) is 0 Å². The maximum atomic E-state index is 4.48. The molecule has 2 aromatic rings. The fraction of sp³-hybridized carbons (Fsp3) is 0.364. The van der Waals surface area contributed by atoms with Gasteiger partial charge in [0.25, 0.3) is 0 Å². The number of hydrogen-bond acceptors (Lipinski definition) is 4. The van der Waals surface area contributed by atoms with E-state index in [1.807, 2.05) is 27.1 Å². The highest BCUT2D eigenvalue weighted by Crippen LogP contribution is 2.26. The van der Waals surface area contributed by atoms with Gasteiger partial charge in [-0.1, -0.05) is 0 Å². The Morgan fingerprint density at radius 2 is 2.18 bits per heavy atom. The normalized spacial score (nSPS) is 10.6. The fourth-order valence-electron chi connectivity index (χ4n) is 1.51. The summed E-state index contributed by atoms with van der Waals surface area (Å²) >= 11 is 3.48. The molecular formula is C11H14BrN5. The summed E-state index contributed by atoms with van der Waals surface area (Å²) < 4.78 is 2.65. The van der Waals surface area contributed by atoms with Crippen LogP contribution < -0.4 is 5.32 Å². The van der Waals surface area contributed by atoms with Crippen molar-refractivity contribution in [2.75, 3.05) is 11.9 Å². The third kappa shape index (κ3) is 2.46. The van der Waals surface area contributed by atoms with Crippen LogP contribution in [0.4, 0.5) is 5.82 Å². The first-order valence-corrected chi connectivity index (χ1v) is 6.18. The van der Waals surface area contributed by atoms with Gasteiger partial charge in [0.1, 0.15) is 5.82 Å². The molecule has 2 rings (SSSR count). The van der Waals surface area contributed by atoms with Crippen molar-refractivity contribution in [1.82, 2.24) is 19.7 Å². The van der Waals surface area contributed by atoms with E-state index in [4.69, 9.17) is 0 Å². The summed E-state index contributed by atoms with van der Waals surface area (Å²) in [7, 11) is 1.88. The molecule has 0 unspecified atom stereocenters. The number of anilines is 1. The molecule has 17 heavy (non-hydrogen) atoms. The first-order chi connectivity index (χ1) is 8.11. The van der Waals surface area contributed by atoms with Crippen molar-refractivity contribution in [3.8, 4) is 11.4 Å². The number of halogens is 1. The van der Waals surface area contributed by atoms with Crippen LogP contribution in [0.2, 0.25) is 0 Å². The largest absolute Gasteiger partial charge is 0.369 e. The second kappa shape index (κ2) is 4.83. The van der Waals surface area contributed by atoms with Crippen LogP contribution in [-0.4, -0.2) is 26.3 Å². The fourth-order valence-corrected chi connectivity index (χ4v) is 1.83. The Balaban J connectivity index is 2.48. The second-order valence-electron chi connectivity index (χ2n) is 3.73. The summed E-state index contributed by atoms with van der Waals surface area (Å²) in [6, 6.07) is 0. The Labute approximate surface area is 108 Å². The predicted molar refractivity (Wildman–Crippen MR) is 70.8 cm³/mol. The van der Waals surface area contributed by atoms with Gasteiger partial charge >= 0.3 is 0 Å². The molecule has 0 bridgehead atoms. The van der Waals surface area contributed by atoms with Gasteiger partial charge in [0.15, 0.2) is 5.82 Å². The Hall–Kier alpha value is -1.43. The quantitative estimate of drug-likeness (QED) is 0.945. The molecule has 5 nitrogen and oxygen atoms in total. The van der Waals surface area contributed by atoms with Crippen LogP contribution in [0, 0.1) is 6.92 Å². The highest BCUT2D eigenvalue weighted by atomic mass is 79.9. The minimum atomic E-state index is 0.690. The summed E-state index contributed by atoms with van der Waals surface area (Å²) in [6.45, 7) is 4.81. The van der Waals surface area contributed by atoms with E-state index in [2.05, 4.69) is 36.3 Å². The third-order valence-electron chi connectivity index (χ3n) is 2.32. The molecule has 0 saturated carbocycles. The molecule has 1 N–H and O–H groups in total. The molecule has 0 radical (unpaired) electrons. The summed E-state index contributed by atoms with van der Waals surface area (Å²) in [5.74, 6) is 1.51. The molecule has 2 aromatic heterocycles. The average molecular weight is 296 g/mol. The predicted octanol–water partition coefficient (Wildman–Crippen LogP) is 2.38. The zero-order valence-electron chi connectivity index (χ0n) is 10.0. The first-order valence-electron chi connectivity index (χ1n) is 5.39. The van der Waals surface area contributed by atoms with Crippen LogP contribution >= 0.6 is 15.9 Å². The minimum absolute atomic E-state index is 0.690. The lowest BCUT2D eigenvalue weighted by Gasteiger charge is -2.08. The zero-order valence-corrected chi connectivity index (χ0v) is 11.6. The van der Waals surface area contributed by atoms with Crippen molar-refractivity contribution in [2.24, 2.45) is 7.05 Å². The van der Waals surface area contributed by atoms with E-state index >= 15 is 0 Å². The van der Waals surface area contributed by atoms with E-state index in [1.54, 1.807) is 10.9 Å². The smallest absolute Gasteiger partial charge is 0.165 e. The SMILES string of the molecule is CCNc1nc(-c2cnn(C)c2)nc(C)c1Br. The second-order valence-corrected chi connectivity index (χ2v) is 4.52. The topological polar surface area (TPSA) is 55.6 Å². The molecule has 0 aliphatic rings. The van der Waals surface area contributed by atoms with Crippen LogP contribution in [0.1, 0.15) is 12.6 Å². The van der Waals surface area contributed by atoms with Crippen molar-refractivity contribution in [3.63, 3.8) is 0 Å². The van der Waals surface area contributed by atoms with Crippen molar-refractivity contribution >= 4 is 21.7 Å². The number of aromatic nitrogens is 4. The number of nitrogens with zero attached hydrogens (tertiary/aromatic N) is 4. The molecule has 6 heteroatoms. The van der Waals surface area contributed by atoms with Gasteiger partial charge in [-0.05, 0) is 29.8 Å². The Morgan fingerprint density at radius 1 is 1.41 bits per heavy atom. The average Bonchev–Trinajstić information content (AvgIpc) is 2.71. The standard InChI is InChI=1S/C11H14BrN5/c1-4-13-11-9(12)7(2)15-10(16-11)8-5-14-17(3)6-8/h5-6H,4H2,1-3H3,(H,13,15,16). The summed E-state index contributed by atoms with van der Waals surface area (Å²) in [5.41, 5.74) is 1.83. The van der Waals surface area contributed by atoms with Gasteiger partial charge in [0, 0.05) is 19.8 Å². The molecule has 0 amide bonds. The Kier molecular flexibility index (Phi) is 3.42. The number of nitrogens with one attached hydrogen (secondary N) is 1. The summed E-state index contributed by atoms with van der Waals surface area (Å²) in [6.07, 6.45) is 3.66. The monoisotopic (exact) mass is 295 g/mol. The van der Waals surface area contributed by atoms with Gasteiger partial charge < -0.3 is 5.32 Å². The van der Waals surface area contributed by atoms with E-state index < -0.39 is 0 Å². The third-order valence-corrected chi connectivity index (χ3v) is 3.27. The van der Waals surface area contributed by atoms with Gasteiger partial charge in [0.05, 0.1) is 21.9 Å². The Bertz CT molecular complexity index is 535. The molecular weight excluding hydrogens is 282 g/mol. The van der Waals surface area contributed by atoms with Gasteiger partial charge in [-0.15, -0.1) is 0 Å². The van der Waals surface area contributed by atoms with Crippen LogP contribution in [0.25, 0.3) is 11.4 Å². The number of aryl methyl sites for hydroxylation is 2. The summed E-state index contributed by atoms with van der Waals surface area (Å²) in [5, 5.41) is 7.33. The molecule has 2 heterocycles. The van der Waals surface area contributed by atoms with Gasteiger partial charge in [-0.25, -0.2) is 9.97 Å². The first kappa shape index (κ1) is 12.0. The van der Waals surface area contributed by atoms with E-state index in [1.165, 1.54) is 0 Å². The molecule has 0 atom stereocenters. The van der Waals surface area contributed by atoms with Gasteiger partial charge in [-0.2, -0.15) is 5.10 Å². The molecule has 0 saturated heterocycles. The van der Waals surface area contributed by atoms with E-state index in [-0.39, 0.29) is 0 Å². The molecule has 0 fully saturated rings. The Morgan fingerprint density at radius 3 is 2.76 bits per heavy atom. The highest BCUT2D eigenvalue weighted by molar-refractivity contribution is 9.10. The number of rotatable bonds is 3. The highest BCUT2D eigenvalue weighted by Gasteiger charge is 2.11. The minimum Gasteiger partial charge on any atom is -0.369 e. The maximum absolute atomic E-state index is 4.48. The zero-order chi connectivity index (χ0) is 12.4. The lowest BCUT2D eigenvalue weighted by molar-refractivity contribution is 0.768. The van der Waals surface area contributed by atoms with E-state index in [0.717, 1.165) is 28.1 Å². The molecule has 0 aromatic carbocycles. The number of hydrogen-bond donors (Lipinski definition) is 1. The van der Waals surface area contributed by atoms with Crippen molar-refractivity contribution < 1.29 is 0 Å². The maximum Gasteiger partial charge on any atom is 0.165 e. The van der Waals surface area contributed by atoms with Crippen LogP contribution in [0.15, 0.2) is 16.9 Å². The van der Waals surface area contributed by atoms with Crippen molar-refractivity contribution in [1.29, 1.82) is 0 Å².